The van der Waals surface area contributed by atoms with E-state index in [9.17, 15) is 4.79 Å². The molecule has 3 atom stereocenters. The second kappa shape index (κ2) is 5.33. The highest BCUT2D eigenvalue weighted by Gasteiger charge is 2.42. The van der Waals surface area contributed by atoms with Crippen molar-refractivity contribution < 1.29 is 4.79 Å². The van der Waals surface area contributed by atoms with Gasteiger partial charge in [-0.15, -0.1) is 0 Å². The molecule has 2 aromatic rings. The topological polar surface area (TPSA) is 49.0 Å². The SMILES string of the molecule is O=C([C@@H]1C[C@@H]2C=C[C@H]1C2)N1CCc2[nH]nc(-c3ccccc3)c2C1. The standard InChI is InChI=1S/C20H21N3O/c24-20(16-11-13-6-7-15(16)10-13)23-9-8-18-17(12-23)19(22-21-18)14-4-2-1-3-5-14/h1-7,13,15-16H,8-12H2,(H,21,22)/t13-,15+,16-/m1/s1. The molecule has 1 aromatic heterocycles. The molecule has 122 valence electrons. The molecule has 1 aliphatic heterocycles. The predicted molar refractivity (Wildman–Crippen MR) is 92.0 cm³/mol. The molecule has 2 bridgehead atoms. The maximum absolute atomic E-state index is 13.0. The molecule has 5 rings (SSSR count). The molecular weight excluding hydrogens is 298 g/mol. The number of rotatable bonds is 2. The number of aromatic amines is 1. The van der Waals surface area contributed by atoms with E-state index >= 15 is 0 Å². The van der Waals surface area contributed by atoms with Crippen LogP contribution in [-0.4, -0.2) is 27.5 Å². The average Bonchev–Trinajstić information content (AvgIpc) is 3.36. The first kappa shape index (κ1) is 14.0. The van der Waals surface area contributed by atoms with E-state index in [-0.39, 0.29) is 5.92 Å². The predicted octanol–water partition coefficient (Wildman–Crippen LogP) is 3.17. The van der Waals surface area contributed by atoms with Crippen LogP contribution in [-0.2, 0) is 17.8 Å². The van der Waals surface area contributed by atoms with Crippen LogP contribution in [0, 0.1) is 17.8 Å². The fourth-order valence-electron chi connectivity index (χ4n) is 4.62. The fourth-order valence-corrected chi connectivity index (χ4v) is 4.62. The van der Waals surface area contributed by atoms with Crippen LogP contribution in [0.5, 0.6) is 0 Å². The minimum atomic E-state index is 0.202. The molecule has 2 aliphatic carbocycles. The van der Waals surface area contributed by atoms with Gasteiger partial charge in [-0.3, -0.25) is 9.89 Å². The molecule has 24 heavy (non-hydrogen) atoms. The molecule has 0 spiro atoms. The molecule has 4 heteroatoms. The molecule has 1 fully saturated rings. The molecular formula is C20H21N3O. The number of aromatic nitrogens is 2. The third-order valence-corrected chi connectivity index (χ3v) is 5.89. The Kier molecular flexibility index (Phi) is 3.12. The normalized spacial score (nSPS) is 27.5. The van der Waals surface area contributed by atoms with Crippen LogP contribution in [0.4, 0.5) is 0 Å². The molecule has 2 heterocycles. The van der Waals surface area contributed by atoms with Gasteiger partial charge in [0.1, 0.15) is 0 Å². The quantitative estimate of drug-likeness (QED) is 0.864. The van der Waals surface area contributed by atoms with Gasteiger partial charge in [0.15, 0.2) is 0 Å². The number of amides is 1. The zero-order valence-corrected chi connectivity index (χ0v) is 13.6. The zero-order chi connectivity index (χ0) is 16.1. The van der Waals surface area contributed by atoms with Crippen LogP contribution in [0.3, 0.4) is 0 Å². The van der Waals surface area contributed by atoms with Crippen LogP contribution >= 0.6 is 0 Å². The highest BCUT2D eigenvalue weighted by atomic mass is 16.2. The van der Waals surface area contributed by atoms with E-state index < -0.39 is 0 Å². The van der Waals surface area contributed by atoms with Crippen LogP contribution in [0.2, 0.25) is 0 Å². The van der Waals surface area contributed by atoms with E-state index in [0.717, 1.165) is 30.6 Å². The molecule has 1 amide bonds. The summed E-state index contributed by atoms with van der Waals surface area (Å²) in [6.07, 6.45) is 7.65. The third kappa shape index (κ3) is 2.13. The summed E-state index contributed by atoms with van der Waals surface area (Å²) in [4.78, 5) is 15.1. The molecule has 3 aliphatic rings. The lowest BCUT2D eigenvalue weighted by molar-refractivity contribution is -0.137. The summed E-state index contributed by atoms with van der Waals surface area (Å²) >= 11 is 0. The summed E-state index contributed by atoms with van der Waals surface area (Å²) < 4.78 is 0. The maximum atomic E-state index is 13.0. The van der Waals surface area contributed by atoms with E-state index in [1.807, 2.05) is 18.2 Å². The van der Waals surface area contributed by atoms with Gasteiger partial charge in [-0.2, -0.15) is 5.10 Å². The van der Waals surface area contributed by atoms with Crippen LogP contribution in [0.25, 0.3) is 11.3 Å². The lowest BCUT2D eigenvalue weighted by Gasteiger charge is -2.31. The summed E-state index contributed by atoms with van der Waals surface area (Å²) in [7, 11) is 0. The Morgan fingerprint density at radius 1 is 1.17 bits per heavy atom. The lowest BCUT2D eigenvalue weighted by atomic mass is 9.91. The van der Waals surface area contributed by atoms with Crippen molar-refractivity contribution in [2.45, 2.75) is 25.8 Å². The lowest BCUT2D eigenvalue weighted by Crippen LogP contribution is -2.40. The smallest absolute Gasteiger partial charge is 0.226 e. The number of benzene rings is 1. The van der Waals surface area contributed by atoms with Gasteiger partial charge < -0.3 is 4.90 Å². The number of allylic oxidation sites excluding steroid dienone is 2. The molecule has 1 aromatic carbocycles. The second-order valence-corrected chi connectivity index (χ2v) is 7.29. The fraction of sp³-hybridized carbons (Fsp3) is 0.400. The van der Waals surface area contributed by atoms with Crippen molar-refractivity contribution in [2.24, 2.45) is 17.8 Å². The van der Waals surface area contributed by atoms with Gasteiger partial charge in [0.25, 0.3) is 0 Å². The van der Waals surface area contributed by atoms with Crippen molar-refractivity contribution in [1.29, 1.82) is 0 Å². The summed E-state index contributed by atoms with van der Waals surface area (Å²) in [5.74, 6) is 1.66. The van der Waals surface area contributed by atoms with Gasteiger partial charge in [-0.25, -0.2) is 0 Å². The average molecular weight is 319 g/mol. The van der Waals surface area contributed by atoms with Crippen molar-refractivity contribution >= 4 is 5.91 Å². The van der Waals surface area contributed by atoms with Crippen molar-refractivity contribution in [1.82, 2.24) is 15.1 Å². The second-order valence-electron chi connectivity index (χ2n) is 7.29. The number of hydrogen-bond acceptors (Lipinski definition) is 2. The molecule has 1 saturated carbocycles. The van der Waals surface area contributed by atoms with Gasteiger partial charge in [0.05, 0.1) is 5.69 Å². The summed E-state index contributed by atoms with van der Waals surface area (Å²) in [5, 5.41) is 7.70. The molecule has 4 nitrogen and oxygen atoms in total. The Hall–Kier alpha value is -2.36. The Bertz CT molecular complexity index is 808. The number of carbonyl (C=O) groups is 1. The zero-order valence-electron chi connectivity index (χ0n) is 13.6. The number of H-pyrrole nitrogens is 1. The molecule has 0 unspecified atom stereocenters. The number of fused-ring (bicyclic) bond motifs is 3. The number of carbonyl (C=O) groups excluding carboxylic acids is 1. The summed E-state index contributed by atoms with van der Waals surface area (Å²) in [6.45, 7) is 1.49. The first-order chi connectivity index (χ1) is 11.8. The van der Waals surface area contributed by atoms with Crippen LogP contribution in [0.15, 0.2) is 42.5 Å². The van der Waals surface area contributed by atoms with E-state index in [1.165, 1.54) is 17.7 Å². The first-order valence-electron chi connectivity index (χ1n) is 8.88. The van der Waals surface area contributed by atoms with Crippen LogP contribution < -0.4 is 0 Å². The first-order valence-corrected chi connectivity index (χ1v) is 8.88. The van der Waals surface area contributed by atoms with Gasteiger partial charge in [0, 0.05) is 42.2 Å². The highest BCUT2D eigenvalue weighted by molar-refractivity contribution is 5.81. The van der Waals surface area contributed by atoms with Crippen molar-refractivity contribution in [3.63, 3.8) is 0 Å². The Balaban J connectivity index is 1.41. The molecule has 1 N–H and O–H groups in total. The number of nitrogens with zero attached hydrogens (tertiary/aromatic N) is 2. The van der Waals surface area contributed by atoms with Crippen LogP contribution in [0.1, 0.15) is 24.1 Å². The Labute approximate surface area is 141 Å². The van der Waals surface area contributed by atoms with E-state index in [1.54, 1.807) is 0 Å². The van der Waals surface area contributed by atoms with E-state index in [2.05, 4.69) is 39.4 Å². The molecule has 0 radical (unpaired) electrons. The van der Waals surface area contributed by atoms with Crippen molar-refractivity contribution in [2.75, 3.05) is 6.54 Å². The monoisotopic (exact) mass is 319 g/mol. The van der Waals surface area contributed by atoms with Gasteiger partial charge in [0.2, 0.25) is 5.91 Å². The summed E-state index contributed by atoms with van der Waals surface area (Å²) in [5.41, 5.74) is 4.49. The minimum Gasteiger partial charge on any atom is -0.338 e. The Morgan fingerprint density at radius 2 is 2.04 bits per heavy atom. The Morgan fingerprint density at radius 3 is 2.79 bits per heavy atom. The van der Waals surface area contributed by atoms with Gasteiger partial charge in [-0.1, -0.05) is 42.5 Å². The number of nitrogens with one attached hydrogen (secondary N) is 1. The van der Waals surface area contributed by atoms with E-state index in [0.29, 0.717) is 24.3 Å². The maximum Gasteiger partial charge on any atom is 0.226 e. The van der Waals surface area contributed by atoms with Gasteiger partial charge >= 0.3 is 0 Å². The molecule has 0 saturated heterocycles. The van der Waals surface area contributed by atoms with Crippen molar-refractivity contribution in [3.05, 3.63) is 53.7 Å². The third-order valence-electron chi connectivity index (χ3n) is 5.89. The number of hydrogen-bond donors (Lipinski definition) is 1. The van der Waals surface area contributed by atoms with Gasteiger partial charge in [-0.05, 0) is 24.7 Å². The highest BCUT2D eigenvalue weighted by Crippen LogP contribution is 2.44. The largest absolute Gasteiger partial charge is 0.338 e. The summed E-state index contributed by atoms with van der Waals surface area (Å²) in [6, 6.07) is 10.2. The van der Waals surface area contributed by atoms with Crippen molar-refractivity contribution in [3.8, 4) is 11.3 Å². The van der Waals surface area contributed by atoms with E-state index in [4.69, 9.17) is 0 Å². The minimum absolute atomic E-state index is 0.202.